The first-order valence-corrected chi connectivity index (χ1v) is 9.63. The number of ether oxygens (including phenoxy) is 1. The van der Waals surface area contributed by atoms with Gasteiger partial charge >= 0.3 is 0 Å². The highest BCUT2D eigenvalue weighted by molar-refractivity contribution is 7.09. The second-order valence-corrected chi connectivity index (χ2v) is 8.20. The molecule has 0 aromatic carbocycles. The Balaban J connectivity index is 1.40. The normalized spacial score (nSPS) is 26.0. The molecule has 2 aliphatic rings. The summed E-state index contributed by atoms with van der Waals surface area (Å²) in [5.41, 5.74) is 1.58. The minimum atomic E-state index is 0.288. The number of pyridine rings is 1. The maximum atomic E-state index is 6.00. The fourth-order valence-corrected chi connectivity index (χ4v) is 4.74. The monoisotopic (exact) mass is 343 g/mol. The summed E-state index contributed by atoms with van der Waals surface area (Å²) >= 11 is 1.86. The van der Waals surface area contributed by atoms with Crippen molar-refractivity contribution in [3.05, 3.63) is 52.5 Å². The van der Waals surface area contributed by atoms with Gasteiger partial charge in [0.2, 0.25) is 0 Å². The third kappa shape index (κ3) is 3.86. The number of rotatable bonds is 4. The Kier molecular flexibility index (Phi) is 4.94. The molecule has 2 aromatic rings. The molecule has 5 heteroatoms. The number of nitrogens with zero attached hydrogens (tertiary/aromatic N) is 3. The van der Waals surface area contributed by atoms with Gasteiger partial charge in [0.15, 0.2) is 0 Å². The van der Waals surface area contributed by atoms with Gasteiger partial charge in [0, 0.05) is 55.4 Å². The quantitative estimate of drug-likeness (QED) is 0.853. The molecule has 2 saturated heterocycles. The Bertz CT molecular complexity index is 633. The highest BCUT2D eigenvalue weighted by atomic mass is 32.1. The average Bonchev–Trinajstić information content (AvgIpc) is 3.19. The Hall–Kier alpha value is -1.27. The van der Waals surface area contributed by atoms with Gasteiger partial charge in [-0.2, -0.15) is 0 Å². The Morgan fingerprint density at radius 2 is 2.04 bits per heavy atom. The third-order valence-electron chi connectivity index (χ3n) is 5.13. The maximum absolute atomic E-state index is 6.00. The van der Waals surface area contributed by atoms with E-state index in [-0.39, 0.29) is 5.41 Å². The van der Waals surface area contributed by atoms with Gasteiger partial charge in [0.1, 0.15) is 0 Å². The molecule has 2 fully saturated rings. The first-order chi connectivity index (χ1) is 11.8. The summed E-state index contributed by atoms with van der Waals surface area (Å²) in [6.07, 6.45) is 5.06. The van der Waals surface area contributed by atoms with Gasteiger partial charge in [0.05, 0.1) is 13.2 Å². The lowest BCUT2D eigenvalue weighted by Crippen LogP contribution is -2.40. The van der Waals surface area contributed by atoms with E-state index in [1.54, 1.807) is 0 Å². The summed E-state index contributed by atoms with van der Waals surface area (Å²) in [5, 5.41) is 2.17. The van der Waals surface area contributed by atoms with Gasteiger partial charge in [-0.25, -0.2) is 0 Å². The average molecular weight is 343 g/mol. The minimum Gasteiger partial charge on any atom is -0.379 e. The molecular weight excluding hydrogens is 318 g/mol. The summed E-state index contributed by atoms with van der Waals surface area (Å²) in [6, 6.07) is 8.59. The second-order valence-electron chi connectivity index (χ2n) is 7.16. The molecule has 24 heavy (non-hydrogen) atoms. The summed E-state index contributed by atoms with van der Waals surface area (Å²) < 4.78 is 6.00. The number of thiophene rings is 1. The zero-order valence-electron chi connectivity index (χ0n) is 14.1. The van der Waals surface area contributed by atoms with Crippen LogP contribution in [0.15, 0.2) is 42.0 Å². The number of hydrogen-bond donors (Lipinski definition) is 0. The van der Waals surface area contributed by atoms with Crippen LogP contribution >= 0.6 is 11.3 Å². The van der Waals surface area contributed by atoms with Gasteiger partial charge in [-0.3, -0.25) is 14.8 Å². The van der Waals surface area contributed by atoms with Gasteiger partial charge in [0.25, 0.3) is 0 Å². The van der Waals surface area contributed by atoms with Crippen molar-refractivity contribution in [3.63, 3.8) is 0 Å². The van der Waals surface area contributed by atoms with Crippen LogP contribution in [-0.4, -0.2) is 54.2 Å². The lowest BCUT2D eigenvalue weighted by Gasteiger charge is -2.32. The molecule has 0 unspecified atom stereocenters. The predicted molar refractivity (Wildman–Crippen MR) is 97.0 cm³/mol. The minimum absolute atomic E-state index is 0.288. The van der Waals surface area contributed by atoms with E-state index < -0.39 is 0 Å². The van der Waals surface area contributed by atoms with E-state index in [4.69, 9.17) is 4.74 Å². The second kappa shape index (κ2) is 7.31. The molecule has 128 valence electrons. The van der Waals surface area contributed by atoms with E-state index in [0.717, 1.165) is 45.9 Å². The van der Waals surface area contributed by atoms with Gasteiger partial charge in [-0.1, -0.05) is 12.1 Å². The van der Waals surface area contributed by atoms with E-state index >= 15 is 0 Å². The highest BCUT2D eigenvalue weighted by Gasteiger charge is 2.41. The molecule has 2 aromatic heterocycles. The molecule has 0 amide bonds. The maximum Gasteiger partial charge on any atom is 0.0593 e. The first kappa shape index (κ1) is 16.2. The number of likely N-dealkylation sites (tertiary alicyclic amines) is 1. The van der Waals surface area contributed by atoms with Crippen molar-refractivity contribution in [2.45, 2.75) is 19.5 Å². The molecule has 4 rings (SSSR count). The third-order valence-corrected chi connectivity index (χ3v) is 5.99. The molecule has 4 nitrogen and oxygen atoms in total. The van der Waals surface area contributed by atoms with Crippen LogP contribution in [0.25, 0.3) is 0 Å². The van der Waals surface area contributed by atoms with E-state index in [2.05, 4.69) is 38.4 Å². The largest absolute Gasteiger partial charge is 0.379 e. The molecular formula is C19H25N3OS. The zero-order valence-corrected chi connectivity index (χ0v) is 14.9. The summed E-state index contributed by atoms with van der Waals surface area (Å²) in [4.78, 5) is 10.9. The summed E-state index contributed by atoms with van der Waals surface area (Å²) in [6.45, 7) is 8.27. The van der Waals surface area contributed by atoms with Gasteiger partial charge in [-0.15, -0.1) is 11.3 Å². The number of aromatic nitrogens is 1. The molecule has 0 bridgehead atoms. The van der Waals surface area contributed by atoms with Crippen molar-refractivity contribution in [2.24, 2.45) is 5.41 Å². The van der Waals surface area contributed by atoms with E-state index in [1.165, 1.54) is 23.4 Å². The van der Waals surface area contributed by atoms with E-state index in [1.807, 2.05) is 29.8 Å². The molecule has 0 saturated carbocycles. The summed E-state index contributed by atoms with van der Waals surface area (Å²) in [7, 11) is 0. The molecule has 0 N–H and O–H groups in total. The predicted octanol–water partition coefficient (Wildman–Crippen LogP) is 2.87. The van der Waals surface area contributed by atoms with Crippen molar-refractivity contribution < 1.29 is 4.74 Å². The lowest BCUT2D eigenvalue weighted by atomic mass is 9.87. The smallest absolute Gasteiger partial charge is 0.0593 e. The standard InChI is InChI=1S/C19H25N3OS/c1-3-17(11-20-6-1)12-22-8-9-23-16-19(15-22)5-7-21(14-19)13-18-4-2-10-24-18/h1-4,6,10-11H,5,7-9,12-16H2/t19-/m1/s1. The van der Waals surface area contributed by atoms with Gasteiger partial charge < -0.3 is 4.74 Å². The van der Waals surface area contributed by atoms with Crippen molar-refractivity contribution in [2.75, 3.05) is 39.4 Å². The van der Waals surface area contributed by atoms with Gasteiger partial charge in [-0.05, 0) is 36.0 Å². The molecule has 0 radical (unpaired) electrons. The van der Waals surface area contributed by atoms with Crippen molar-refractivity contribution in [1.29, 1.82) is 0 Å². The van der Waals surface area contributed by atoms with Crippen LogP contribution in [-0.2, 0) is 17.8 Å². The molecule has 2 aliphatic heterocycles. The first-order valence-electron chi connectivity index (χ1n) is 8.75. The Morgan fingerprint density at radius 1 is 1.12 bits per heavy atom. The van der Waals surface area contributed by atoms with Crippen LogP contribution in [0.4, 0.5) is 0 Å². The van der Waals surface area contributed by atoms with Crippen LogP contribution in [0.5, 0.6) is 0 Å². The van der Waals surface area contributed by atoms with Crippen LogP contribution < -0.4 is 0 Å². The molecule has 0 aliphatic carbocycles. The van der Waals surface area contributed by atoms with Crippen molar-refractivity contribution in [1.82, 2.24) is 14.8 Å². The Morgan fingerprint density at radius 3 is 2.83 bits per heavy atom. The lowest BCUT2D eigenvalue weighted by molar-refractivity contribution is 0.0707. The van der Waals surface area contributed by atoms with Crippen LogP contribution in [0.3, 0.4) is 0 Å². The fraction of sp³-hybridized carbons (Fsp3) is 0.526. The topological polar surface area (TPSA) is 28.6 Å². The van der Waals surface area contributed by atoms with Crippen molar-refractivity contribution >= 4 is 11.3 Å². The summed E-state index contributed by atoms with van der Waals surface area (Å²) in [5.74, 6) is 0. The van der Waals surface area contributed by atoms with Crippen molar-refractivity contribution in [3.8, 4) is 0 Å². The molecule has 4 heterocycles. The molecule has 1 spiro atoms. The highest BCUT2D eigenvalue weighted by Crippen LogP contribution is 2.34. The van der Waals surface area contributed by atoms with E-state index in [9.17, 15) is 0 Å². The SMILES string of the molecule is c1cncc(CN2CCOC[C@@]3(CCN(Cc4cccs4)C3)C2)c1. The number of hydrogen-bond acceptors (Lipinski definition) is 5. The zero-order chi connectivity index (χ0) is 16.2. The fourth-order valence-electron chi connectivity index (χ4n) is 4.00. The van der Waals surface area contributed by atoms with Crippen LogP contribution in [0.2, 0.25) is 0 Å². The Labute approximate surface area is 148 Å². The van der Waals surface area contributed by atoms with Crippen LogP contribution in [0.1, 0.15) is 16.9 Å². The van der Waals surface area contributed by atoms with Crippen LogP contribution in [0, 0.1) is 5.41 Å². The molecule has 1 atom stereocenters. The van der Waals surface area contributed by atoms with E-state index in [0.29, 0.717) is 0 Å².